The van der Waals surface area contributed by atoms with Crippen LogP contribution >= 0.6 is 12.6 Å². The van der Waals surface area contributed by atoms with Crippen molar-refractivity contribution in [1.82, 2.24) is 59.8 Å². The van der Waals surface area contributed by atoms with Gasteiger partial charge in [0.1, 0.15) is 38.4 Å². The summed E-state index contributed by atoms with van der Waals surface area (Å²) in [5.41, 5.74) is 3.77. The number of ether oxygens (including phenoxy) is 5. The number of nitrogens with one attached hydrogen (secondary N) is 4. The minimum absolute atomic E-state index is 0.0764. The first kappa shape index (κ1) is 64.5. The van der Waals surface area contributed by atoms with E-state index in [-0.39, 0.29) is 67.0 Å². The predicted molar refractivity (Wildman–Crippen MR) is 321 cm³/mol. The van der Waals surface area contributed by atoms with Gasteiger partial charge < -0.3 is 53.9 Å². The van der Waals surface area contributed by atoms with Crippen molar-refractivity contribution in [3.05, 3.63) is 129 Å². The van der Waals surface area contributed by atoms with Crippen LogP contribution in [-0.4, -0.2) is 145 Å². The molecule has 30 heteroatoms. The van der Waals surface area contributed by atoms with E-state index in [0.29, 0.717) is 77.2 Å². The minimum Gasteiger partial charge on any atom is -0.458 e. The summed E-state index contributed by atoms with van der Waals surface area (Å²) in [4.78, 5) is 108. The van der Waals surface area contributed by atoms with E-state index in [9.17, 15) is 42.0 Å². The van der Waals surface area contributed by atoms with Gasteiger partial charge in [0.2, 0.25) is 39.7 Å². The fraction of sp³-hybridized carbons (Fsp3) is 0.407. The summed E-state index contributed by atoms with van der Waals surface area (Å²) in [6.07, 6.45) is 5.06. The van der Waals surface area contributed by atoms with Gasteiger partial charge in [-0.2, -0.15) is 4.31 Å². The molecule has 2 aliphatic heterocycles. The molecule has 1 atom stereocenters. The summed E-state index contributed by atoms with van der Waals surface area (Å²) in [7, 11) is -3.52. The number of thiol groups is 1. The van der Waals surface area contributed by atoms with Crippen molar-refractivity contribution in [1.29, 1.82) is 0 Å². The number of nitrogens with zero attached hydrogens (tertiary/aromatic N) is 9. The molecule has 0 saturated heterocycles. The number of hydrogen-bond acceptors (Lipinski definition) is 22. The summed E-state index contributed by atoms with van der Waals surface area (Å²) < 4.78 is 62.8. The molecule has 0 unspecified atom stereocenters. The number of fused-ring (bicyclic) bond motifs is 5. The monoisotopic (exact) mass is 1260 g/mol. The Bertz CT molecular complexity index is 3980. The summed E-state index contributed by atoms with van der Waals surface area (Å²) in [6, 6.07) is 15.0. The lowest BCUT2D eigenvalue weighted by Gasteiger charge is -2.28. The number of cyclic esters (lactones) is 1. The molecule has 0 saturated carbocycles. The Morgan fingerprint density at radius 1 is 0.921 bits per heavy atom. The van der Waals surface area contributed by atoms with E-state index >= 15 is 0 Å². The quantitative estimate of drug-likeness (QED) is 0.0205. The van der Waals surface area contributed by atoms with E-state index in [2.05, 4.69) is 59.2 Å². The van der Waals surface area contributed by atoms with Crippen molar-refractivity contribution in [2.75, 3.05) is 51.1 Å². The van der Waals surface area contributed by atoms with E-state index in [1.807, 2.05) is 52.0 Å². The second-order valence-corrected chi connectivity index (χ2v) is 25.3. The number of carbonyl (C=O) groups is 6. The Balaban J connectivity index is 0.657. The van der Waals surface area contributed by atoms with E-state index in [4.69, 9.17) is 33.1 Å². The second-order valence-electron chi connectivity index (χ2n) is 23.0. The number of rotatable bonds is 27. The fourth-order valence-corrected chi connectivity index (χ4v) is 11.3. The van der Waals surface area contributed by atoms with Crippen LogP contribution in [0, 0.1) is 5.41 Å². The van der Waals surface area contributed by atoms with Crippen molar-refractivity contribution in [3.63, 3.8) is 0 Å². The lowest BCUT2D eigenvalue weighted by atomic mass is 9.95. The molecule has 0 aliphatic carbocycles. The highest BCUT2D eigenvalue weighted by molar-refractivity contribution is 7.88. The van der Waals surface area contributed by atoms with Crippen molar-refractivity contribution >= 4 is 75.0 Å². The average Bonchev–Trinajstić information content (AvgIpc) is 1.63. The van der Waals surface area contributed by atoms with Crippen LogP contribution in [0.2, 0.25) is 0 Å². The number of aromatic nitrogens is 8. The maximum atomic E-state index is 14.1. The number of pyridine rings is 2. The Hall–Kier alpha value is -8.97. The fourth-order valence-electron chi connectivity index (χ4n) is 10.0. The standard InChI is InChI=1S/C59H67N13O15S2/c1-34(2)72(89(7,80)81)18-16-39-40-10-8-9-11-44(40)65-50-42(39)26-71-46(50)20-41-43(54(71)77)28-85-55(78)51(41)87-57(79)86-27-35-12-14-37(15-13-35)64-47(73)24-60-48(74)30-83-31-49(75)67-59(5,6)17-19-82-33-58(3,4)32-70-25-38(68-69-70)23-61-52(76)45-29-84-53(66-45)36-21-62-56(88)63-22-36/h8-15,20-22,25,29,34,51H,16-19,23-24,26-28,30-33H2,1-7H3,(H,60,74)(H,61,76)(H,64,73)(H,67,75)(H,62,63,88)/t51-/m0/s1. The molecule has 2 aromatic carbocycles. The van der Waals surface area contributed by atoms with Gasteiger partial charge in [0.15, 0.2) is 10.9 Å². The van der Waals surface area contributed by atoms with Gasteiger partial charge in [-0.05, 0) is 75.9 Å². The maximum absolute atomic E-state index is 14.1. The number of anilines is 1. The number of para-hydroxylation sites is 1. The van der Waals surface area contributed by atoms with Crippen LogP contribution in [0.1, 0.15) is 98.1 Å². The molecule has 4 amide bonds. The molecular formula is C59H67N13O15S2. The zero-order chi connectivity index (χ0) is 63.8. The van der Waals surface area contributed by atoms with Gasteiger partial charge in [0, 0.05) is 71.3 Å². The second kappa shape index (κ2) is 27.6. The van der Waals surface area contributed by atoms with Gasteiger partial charge in [-0.3, -0.25) is 28.7 Å². The van der Waals surface area contributed by atoms with Crippen molar-refractivity contribution in [2.45, 2.75) is 110 Å². The third-order valence-corrected chi connectivity index (χ3v) is 16.0. The minimum atomic E-state index is -3.52. The molecule has 2 aliphatic rings. The molecule has 0 spiro atoms. The van der Waals surface area contributed by atoms with Gasteiger partial charge in [-0.15, -0.1) is 17.7 Å². The van der Waals surface area contributed by atoms with Gasteiger partial charge >= 0.3 is 12.1 Å². The number of carbonyl (C=O) groups excluding carboxylic acids is 6. The van der Waals surface area contributed by atoms with Crippen LogP contribution in [0.25, 0.3) is 33.7 Å². The Morgan fingerprint density at radius 2 is 1.66 bits per heavy atom. The Kier molecular flexibility index (Phi) is 20.0. The lowest BCUT2D eigenvalue weighted by Crippen LogP contribution is -2.46. The number of sulfonamides is 1. The SMILES string of the molecule is CC(C)N(CCc1c2c(nc3ccccc13)-c1cc3c(c(=O)n1C2)COC(=O)[C@H]3OC(=O)OCc1ccc(NC(=O)CNC(=O)COCC(=O)NC(C)(C)CCOCC(C)(C)Cn2cc(CNC(=O)c3coc(-c4cnc(S)nc4)n3)nn2)cc1)S(C)(=O)=O. The third-order valence-electron chi connectivity index (χ3n) is 14.3. The van der Waals surface area contributed by atoms with Crippen LogP contribution < -0.4 is 26.8 Å². The summed E-state index contributed by atoms with van der Waals surface area (Å²) in [6.45, 7) is 10.9. The van der Waals surface area contributed by atoms with Gasteiger partial charge in [-0.25, -0.2) is 37.9 Å². The van der Waals surface area contributed by atoms with Gasteiger partial charge in [0.25, 0.3) is 11.5 Å². The molecule has 89 heavy (non-hydrogen) atoms. The molecule has 0 fully saturated rings. The molecule has 4 N–H and O–H groups in total. The van der Waals surface area contributed by atoms with Gasteiger partial charge in [-0.1, -0.05) is 49.4 Å². The van der Waals surface area contributed by atoms with Crippen LogP contribution in [0.5, 0.6) is 0 Å². The smallest absolute Gasteiger partial charge is 0.458 e. The molecular weight excluding hydrogens is 1190 g/mol. The van der Waals surface area contributed by atoms with Crippen molar-refractivity contribution in [2.24, 2.45) is 5.41 Å². The van der Waals surface area contributed by atoms with Crippen LogP contribution in [0.15, 0.2) is 93.8 Å². The third kappa shape index (κ3) is 16.6. The number of oxazole rings is 1. The van der Waals surface area contributed by atoms with E-state index in [1.54, 1.807) is 55.1 Å². The summed E-state index contributed by atoms with van der Waals surface area (Å²) in [5, 5.41) is 20.2. The first-order chi connectivity index (χ1) is 42.3. The molecule has 7 heterocycles. The maximum Gasteiger partial charge on any atom is 0.509 e. The zero-order valence-corrected chi connectivity index (χ0v) is 51.6. The van der Waals surface area contributed by atoms with Crippen LogP contribution in [0.4, 0.5) is 10.5 Å². The van der Waals surface area contributed by atoms with E-state index in [1.165, 1.54) is 33.8 Å². The predicted octanol–water partition coefficient (Wildman–Crippen LogP) is 4.44. The lowest BCUT2D eigenvalue weighted by molar-refractivity contribution is -0.159. The first-order valence-electron chi connectivity index (χ1n) is 28.2. The van der Waals surface area contributed by atoms with Gasteiger partial charge in [0.05, 0.1) is 66.7 Å². The molecule has 5 aromatic heterocycles. The largest absolute Gasteiger partial charge is 0.509 e. The van der Waals surface area contributed by atoms with E-state index in [0.717, 1.165) is 16.5 Å². The number of benzene rings is 2. The summed E-state index contributed by atoms with van der Waals surface area (Å²) in [5.74, 6) is -2.82. The van der Waals surface area contributed by atoms with Crippen LogP contribution in [-0.2, 0) is 92.2 Å². The Labute approximate surface area is 516 Å². The number of amides is 4. The Morgan fingerprint density at radius 3 is 2.40 bits per heavy atom. The molecule has 0 radical (unpaired) electrons. The summed E-state index contributed by atoms with van der Waals surface area (Å²) >= 11 is 4.06. The molecule has 7 aromatic rings. The number of esters is 1. The first-order valence-corrected chi connectivity index (χ1v) is 30.5. The van der Waals surface area contributed by atoms with Crippen molar-refractivity contribution in [3.8, 4) is 22.8 Å². The number of hydrogen-bond donors (Lipinski definition) is 5. The normalized spacial score (nSPS) is 13.8. The average molecular weight is 1260 g/mol. The van der Waals surface area contributed by atoms with E-state index < -0.39 is 82.7 Å². The zero-order valence-electron chi connectivity index (χ0n) is 49.9. The molecule has 9 rings (SSSR count). The molecule has 0 bridgehead atoms. The highest BCUT2D eigenvalue weighted by Gasteiger charge is 2.39. The molecule has 28 nitrogen and oxygen atoms in total. The highest BCUT2D eigenvalue weighted by Crippen LogP contribution is 2.39. The van der Waals surface area contributed by atoms with Crippen molar-refractivity contribution < 1.29 is 65.3 Å². The topological polar surface area (TPSA) is 351 Å². The highest BCUT2D eigenvalue weighted by atomic mass is 32.2. The molecule has 470 valence electrons. The van der Waals surface area contributed by atoms with Crippen LogP contribution in [0.3, 0.4) is 0 Å².